The van der Waals surface area contributed by atoms with Gasteiger partial charge < -0.3 is 0 Å². The highest BCUT2D eigenvalue weighted by molar-refractivity contribution is 7.92. The number of anilines is 1. The van der Waals surface area contributed by atoms with Crippen molar-refractivity contribution < 1.29 is 12.8 Å². The van der Waals surface area contributed by atoms with Crippen LogP contribution in [-0.4, -0.2) is 8.42 Å². The zero-order chi connectivity index (χ0) is 15.7. The lowest BCUT2D eigenvalue weighted by Gasteiger charge is -2.17. The van der Waals surface area contributed by atoms with Gasteiger partial charge in [0.1, 0.15) is 5.82 Å². The summed E-state index contributed by atoms with van der Waals surface area (Å²) in [5, 5.41) is 0.0292. The molecule has 2 aromatic rings. The third kappa shape index (κ3) is 3.10. The molecule has 0 radical (unpaired) electrons. The molecule has 22 heavy (non-hydrogen) atoms. The van der Waals surface area contributed by atoms with E-state index >= 15 is 0 Å². The maximum absolute atomic E-state index is 13.0. The van der Waals surface area contributed by atoms with E-state index in [1.165, 1.54) is 11.6 Å². The summed E-state index contributed by atoms with van der Waals surface area (Å²) in [6, 6.07) is 8.74. The van der Waals surface area contributed by atoms with Crippen LogP contribution in [0.2, 0.25) is 5.02 Å². The van der Waals surface area contributed by atoms with Crippen molar-refractivity contribution in [3.05, 3.63) is 58.4 Å². The Morgan fingerprint density at radius 2 is 1.73 bits per heavy atom. The number of benzene rings is 2. The Labute approximate surface area is 134 Å². The molecule has 0 aromatic heterocycles. The van der Waals surface area contributed by atoms with Gasteiger partial charge in [-0.3, -0.25) is 4.72 Å². The highest BCUT2D eigenvalue weighted by Gasteiger charge is 2.19. The van der Waals surface area contributed by atoms with Crippen LogP contribution in [0.15, 0.2) is 41.3 Å². The van der Waals surface area contributed by atoms with Crippen molar-refractivity contribution in [3.63, 3.8) is 0 Å². The number of hydrogen-bond acceptors (Lipinski definition) is 2. The first-order valence-corrected chi connectivity index (χ1v) is 8.91. The van der Waals surface area contributed by atoms with E-state index in [0.29, 0.717) is 0 Å². The summed E-state index contributed by atoms with van der Waals surface area (Å²) in [6.07, 6.45) is 4.11. The average Bonchev–Trinajstić information content (AvgIpc) is 2.49. The maximum atomic E-state index is 13.0. The summed E-state index contributed by atoms with van der Waals surface area (Å²) in [4.78, 5) is 0.202. The number of nitrogens with one attached hydrogen (secondary N) is 1. The summed E-state index contributed by atoms with van der Waals surface area (Å²) in [6.45, 7) is 0. The summed E-state index contributed by atoms with van der Waals surface area (Å²) in [7, 11) is -3.74. The second kappa shape index (κ2) is 5.89. The monoisotopic (exact) mass is 339 g/mol. The summed E-state index contributed by atoms with van der Waals surface area (Å²) in [5.41, 5.74) is 2.46. The zero-order valence-electron chi connectivity index (χ0n) is 11.8. The third-order valence-electron chi connectivity index (χ3n) is 3.81. The number of aryl methyl sites for hydroxylation is 2. The third-order valence-corrected chi connectivity index (χ3v) is 5.48. The maximum Gasteiger partial charge on any atom is 0.261 e. The lowest BCUT2D eigenvalue weighted by atomic mass is 9.92. The van der Waals surface area contributed by atoms with Crippen molar-refractivity contribution in [2.45, 2.75) is 30.6 Å². The van der Waals surface area contributed by atoms with Gasteiger partial charge in [-0.15, -0.1) is 0 Å². The van der Waals surface area contributed by atoms with Gasteiger partial charge in [0.15, 0.2) is 0 Å². The van der Waals surface area contributed by atoms with Crippen molar-refractivity contribution >= 4 is 27.3 Å². The molecule has 0 unspecified atom stereocenters. The van der Waals surface area contributed by atoms with Gasteiger partial charge in [-0.1, -0.05) is 17.7 Å². The van der Waals surface area contributed by atoms with Crippen LogP contribution in [0.25, 0.3) is 0 Å². The molecule has 0 atom stereocenters. The minimum Gasteiger partial charge on any atom is -0.278 e. The molecule has 0 saturated heterocycles. The fraction of sp³-hybridized carbons (Fsp3) is 0.250. The number of rotatable bonds is 3. The van der Waals surface area contributed by atoms with Gasteiger partial charge in [0, 0.05) is 0 Å². The molecule has 1 aliphatic rings. The Hall–Kier alpha value is -1.59. The van der Waals surface area contributed by atoms with E-state index in [0.717, 1.165) is 43.4 Å². The zero-order valence-corrected chi connectivity index (χ0v) is 13.3. The Morgan fingerprint density at radius 1 is 1.00 bits per heavy atom. The number of hydrogen-bond donors (Lipinski definition) is 1. The number of sulfonamides is 1. The molecule has 0 aliphatic heterocycles. The molecule has 1 aliphatic carbocycles. The average molecular weight is 340 g/mol. The van der Waals surface area contributed by atoms with E-state index < -0.39 is 15.8 Å². The van der Waals surface area contributed by atoms with Crippen LogP contribution < -0.4 is 4.72 Å². The largest absolute Gasteiger partial charge is 0.278 e. The summed E-state index contributed by atoms with van der Waals surface area (Å²) >= 11 is 5.87. The summed E-state index contributed by atoms with van der Waals surface area (Å²) in [5.74, 6) is -0.512. The first-order valence-electron chi connectivity index (χ1n) is 7.05. The lowest BCUT2D eigenvalue weighted by molar-refractivity contribution is 0.600. The van der Waals surface area contributed by atoms with Gasteiger partial charge >= 0.3 is 0 Å². The van der Waals surface area contributed by atoms with Crippen molar-refractivity contribution in [1.29, 1.82) is 0 Å². The van der Waals surface area contributed by atoms with Crippen LogP contribution in [0.5, 0.6) is 0 Å². The standard InChI is InChI=1S/C16H15ClFNO2S/c17-15-10-13(18)6-8-16(15)19-22(20,21)14-7-5-11-3-1-2-4-12(11)9-14/h5-10,19H,1-4H2. The smallest absolute Gasteiger partial charge is 0.261 e. The summed E-state index contributed by atoms with van der Waals surface area (Å²) < 4.78 is 40.4. The Bertz CT molecular complexity index is 821. The lowest BCUT2D eigenvalue weighted by Crippen LogP contribution is -2.14. The van der Waals surface area contributed by atoms with Crippen molar-refractivity contribution in [1.82, 2.24) is 0 Å². The molecule has 2 aromatic carbocycles. The van der Waals surface area contributed by atoms with E-state index in [1.807, 2.05) is 6.07 Å². The molecule has 0 spiro atoms. The van der Waals surface area contributed by atoms with Gasteiger partial charge in [-0.05, 0) is 67.1 Å². The molecule has 6 heteroatoms. The minimum absolute atomic E-state index is 0.0292. The molecule has 3 nitrogen and oxygen atoms in total. The normalized spacial score (nSPS) is 14.5. The van der Waals surface area contributed by atoms with Crippen LogP contribution in [0, 0.1) is 5.82 Å². The van der Waals surface area contributed by atoms with E-state index in [2.05, 4.69) is 4.72 Å². The van der Waals surface area contributed by atoms with Crippen LogP contribution in [0.3, 0.4) is 0 Å². The molecule has 0 heterocycles. The second-order valence-corrected chi connectivity index (χ2v) is 7.46. The molecule has 0 saturated carbocycles. The van der Waals surface area contributed by atoms with E-state index in [1.54, 1.807) is 12.1 Å². The fourth-order valence-electron chi connectivity index (χ4n) is 2.65. The second-order valence-electron chi connectivity index (χ2n) is 5.37. The fourth-order valence-corrected chi connectivity index (χ4v) is 4.05. The molecule has 1 N–H and O–H groups in total. The van der Waals surface area contributed by atoms with Gasteiger partial charge in [0.25, 0.3) is 10.0 Å². The topological polar surface area (TPSA) is 46.2 Å². The molecule has 3 rings (SSSR count). The molecular formula is C16H15ClFNO2S. The SMILES string of the molecule is O=S(=O)(Nc1ccc(F)cc1Cl)c1ccc2c(c1)CCCC2. The van der Waals surface area contributed by atoms with Crippen LogP contribution in [-0.2, 0) is 22.9 Å². The first-order chi connectivity index (χ1) is 10.5. The van der Waals surface area contributed by atoms with E-state index in [-0.39, 0.29) is 15.6 Å². The molecule has 0 bridgehead atoms. The quantitative estimate of drug-likeness (QED) is 0.912. The van der Waals surface area contributed by atoms with Crippen molar-refractivity contribution in [3.8, 4) is 0 Å². The van der Waals surface area contributed by atoms with Crippen LogP contribution in [0.1, 0.15) is 24.0 Å². The minimum atomic E-state index is -3.74. The Morgan fingerprint density at radius 3 is 2.45 bits per heavy atom. The highest BCUT2D eigenvalue weighted by Crippen LogP contribution is 2.28. The number of halogens is 2. The van der Waals surface area contributed by atoms with Gasteiger partial charge in [-0.2, -0.15) is 0 Å². The van der Waals surface area contributed by atoms with E-state index in [9.17, 15) is 12.8 Å². The van der Waals surface area contributed by atoms with Gasteiger partial charge in [0.2, 0.25) is 0 Å². The first kappa shape index (κ1) is 15.3. The molecule has 116 valence electrons. The molecule has 0 fully saturated rings. The Kier molecular flexibility index (Phi) is 4.10. The van der Waals surface area contributed by atoms with Crippen molar-refractivity contribution in [2.24, 2.45) is 0 Å². The predicted octanol–water partition coefficient (Wildman–Crippen LogP) is 4.16. The van der Waals surface area contributed by atoms with E-state index in [4.69, 9.17) is 11.6 Å². The van der Waals surface area contributed by atoms with Crippen LogP contribution in [0.4, 0.5) is 10.1 Å². The van der Waals surface area contributed by atoms with Gasteiger partial charge in [-0.25, -0.2) is 12.8 Å². The molecular weight excluding hydrogens is 325 g/mol. The van der Waals surface area contributed by atoms with Gasteiger partial charge in [0.05, 0.1) is 15.6 Å². The molecule has 0 amide bonds. The predicted molar refractivity (Wildman–Crippen MR) is 85.3 cm³/mol. The Balaban J connectivity index is 1.92. The van der Waals surface area contributed by atoms with Crippen LogP contribution >= 0.6 is 11.6 Å². The number of fused-ring (bicyclic) bond motifs is 1. The highest BCUT2D eigenvalue weighted by atomic mass is 35.5. The van der Waals surface area contributed by atoms with Crippen molar-refractivity contribution in [2.75, 3.05) is 4.72 Å².